The molecule has 0 spiro atoms. The highest BCUT2D eigenvalue weighted by Gasteiger charge is 2.24. The van der Waals surface area contributed by atoms with E-state index in [2.05, 4.69) is 4.99 Å². The maximum atomic E-state index is 12.3. The van der Waals surface area contributed by atoms with E-state index in [1.165, 1.54) is 4.90 Å². The number of aliphatic imine (C=N–C) groups is 1. The van der Waals surface area contributed by atoms with E-state index in [-0.39, 0.29) is 19.2 Å². The van der Waals surface area contributed by atoms with E-state index in [0.29, 0.717) is 13.0 Å². The zero-order chi connectivity index (χ0) is 19.6. The highest BCUT2D eigenvalue weighted by Crippen LogP contribution is 2.15. The predicted octanol–water partition coefficient (Wildman–Crippen LogP) is 4.01. The van der Waals surface area contributed by atoms with Crippen LogP contribution in [-0.4, -0.2) is 48.5 Å². The number of hydrogen-bond acceptors (Lipinski definition) is 5. The normalized spacial score (nSPS) is 12.7. The van der Waals surface area contributed by atoms with Gasteiger partial charge in [0.05, 0.1) is 12.6 Å². The highest BCUT2D eigenvalue weighted by atomic mass is 16.6. The van der Waals surface area contributed by atoms with Crippen LogP contribution >= 0.6 is 0 Å². The summed E-state index contributed by atoms with van der Waals surface area (Å²) < 4.78 is 10.3. The molecule has 0 fully saturated rings. The second-order valence-corrected chi connectivity index (χ2v) is 6.91. The van der Waals surface area contributed by atoms with Gasteiger partial charge in [-0.1, -0.05) is 30.3 Å². The van der Waals surface area contributed by atoms with Gasteiger partial charge in [0.1, 0.15) is 12.1 Å². The van der Waals surface area contributed by atoms with Gasteiger partial charge in [-0.15, -0.1) is 0 Å². The summed E-state index contributed by atoms with van der Waals surface area (Å²) in [5.74, 6) is -0.451. The number of esters is 1. The van der Waals surface area contributed by atoms with E-state index < -0.39 is 17.7 Å². The van der Waals surface area contributed by atoms with Crippen LogP contribution in [-0.2, 0) is 14.3 Å². The van der Waals surface area contributed by atoms with Crippen molar-refractivity contribution < 1.29 is 19.1 Å². The van der Waals surface area contributed by atoms with Crippen LogP contribution in [0.15, 0.2) is 35.3 Å². The molecular formula is C20H30N2O4. The fourth-order valence-corrected chi connectivity index (χ4v) is 2.19. The van der Waals surface area contributed by atoms with Crippen molar-refractivity contribution in [2.45, 2.75) is 52.7 Å². The Morgan fingerprint density at radius 1 is 1.23 bits per heavy atom. The fraction of sp³-hybridized carbons (Fsp3) is 0.550. The molecule has 0 N–H and O–H groups in total. The summed E-state index contributed by atoms with van der Waals surface area (Å²) in [7, 11) is 0. The van der Waals surface area contributed by atoms with Gasteiger partial charge in [-0.3, -0.25) is 14.7 Å². The Labute approximate surface area is 156 Å². The fourth-order valence-electron chi connectivity index (χ4n) is 2.19. The lowest BCUT2D eigenvalue weighted by Gasteiger charge is -2.26. The van der Waals surface area contributed by atoms with Crippen LogP contribution in [0.2, 0.25) is 0 Å². The largest absolute Gasteiger partial charge is 0.465 e. The minimum atomic E-state index is -0.625. The maximum Gasteiger partial charge on any atom is 0.410 e. The molecule has 0 aliphatic carbocycles. The summed E-state index contributed by atoms with van der Waals surface area (Å²) in [5.41, 5.74) is 0.499. The van der Waals surface area contributed by atoms with Gasteiger partial charge >= 0.3 is 12.1 Å². The Balaban J connectivity index is 2.62. The van der Waals surface area contributed by atoms with Gasteiger partial charge in [0.2, 0.25) is 0 Å². The van der Waals surface area contributed by atoms with Crippen LogP contribution in [0.4, 0.5) is 4.79 Å². The number of amides is 1. The van der Waals surface area contributed by atoms with Crippen molar-refractivity contribution in [3.8, 4) is 0 Å². The van der Waals surface area contributed by atoms with E-state index >= 15 is 0 Å². The van der Waals surface area contributed by atoms with Gasteiger partial charge in [0, 0.05) is 19.2 Å². The third kappa shape index (κ3) is 8.65. The molecule has 1 rings (SSSR count). The van der Waals surface area contributed by atoms with Crippen molar-refractivity contribution >= 4 is 18.3 Å². The first-order chi connectivity index (χ1) is 12.2. The molecule has 144 valence electrons. The van der Waals surface area contributed by atoms with E-state index in [0.717, 1.165) is 5.56 Å². The second-order valence-electron chi connectivity index (χ2n) is 6.91. The summed E-state index contributed by atoms with van der Waals surface area (Å²) in [5, 5.41) is 0. The summed E-state index contributed by atoms with van der Waals surface area (Å²) in [6.07, 6.45) is 1.77. The third-order valence-electron chi connectivity index (χ3n) is 3.42. The predicted molar refractivity (Wildman–Crippen MR) is 102 cm³/mol. The molecule has 0 aliphatic heterocycles. The standard InChI is InChI=1S/C20H30N2O4/c1-6-25-18(23)15-22(19(24)26-20(3,4)5)14-10-13-21-16(2)17-11-8-7-9-12-17/h7-9,11-13,16H,6,10,14-15H2,1-5H3/t16-/m0/s1. The summed E-state index contributed by atoms with van der Waals surface area (Å²) in [6.45, 7) is 9.58. The van der Waals surface area contributed by atoms with Crippen molar-refractivity contribution in [3.05, 3.63) is 35.9 Å². The molecule has 6 nitrogen and oxygen atoms in total. The molecular weight excluding hydrogens is 332 g/mol. The van der Waals surface area contributed by atoms with E-state index in [1.807, 2.05) is 37.3 Å². The average molecular weight is 362 g/mol. The Kier molecular flexibility index (Phi) is 8.82. The van der Waals surface area contributed by atoms with Crippen molar-refractivity contribution in [3.63, 3.8) is 0 Å². The van der Waals surface area contributed by atoms with Crippen LogP contribution in [0.5, 0.6) is 0 Å². The second kappa shape index (κ2) is 10.6. The van der Waals surface area contributed by atoms with Crippen LogP contribution < -0.4 is 0 Å². The zero-order valence-electron chi connectivity index (χ0n) is 16.4. The number of carbonyl (C=O) groups excluding carboxylic acids is 2. The maximum absolute atomic E-state index is 12.3. The van der Waals surface area contributed by atoms with Crippen molar-refractivity contribution in [2.75, 3.05) is 19.7 Å². The summed E-state index contributed by atoms with van der Waals surface area (Å²) >= 11 is 0. The Bertz CT molecular complexity index is 594. The van der Waals surface area contributed by atoms with Gasteiger partial charge in [-0.05, 0) is 40.2 Å². The molecule has 0 heterocycles. The van der Waals surface area contributed by atoms with Gasteiger partial charge in [0.25, 0.3) is 0 Å². The quantitative estimate of drug-likeness (QED) is 0.518. The van der Waals surface area contributed by atoms with Crippen molar-refractivity contribution in [1.82, 2.24) is 4.90 Å². The van der Waals surface area contributed by atoms with Gasteiger partial charge < -0.3 is 9.47 Å². The Morgan fingerprint density at radius 2 is 1.88 bits per heavy atom. The highest BCUT2D eigenvalue weighted by molar-refractivity contribution is 5.78. The van der Waals surface area contributed by atoms with E-state index in [1.54, 1.807) is 33.9 Å². The molecule has 0 saturated heterocycles. The van der Waals surface area contributed by atoms with Crippen molar-refractivity contribution in [1.29, 1.82) is 0 Å². The van der Waals surface area contributed by atoms with Gasteiger partial charge in [-0.2, -0.15) is 0 Å². The number of carbonyl (C=O) groups is 2. The minimum absolute atomic E-state index is 0.0382. The number of benzene rings is 1. The van der Waals surface area contributed by atoms with Gasteiger partial charge in [0.15, 0.2) is 0 Å². The third-order valence-corrected chi connectivity index (χ3v) is 3.42. The molecule has 26 heavy (non-hydrogen) atoms. The average Bonchev–Trinajstić information content (AvgIpc) is 2.56. The minimum Gasteiger partial charge on any atom is -0.465 e. The molecule has 0 saturated carbocycles. The van der Waals surface area contributed by atoms with E-state index in [4.69, 9.17) is 9.47 Å². The lowest BCUT2D eigenvalue weighted by molar-refractivity contribution is -0.144. The van der Waals surface area contributed by atoms with Crippen molar-refractivity contribution in [2.24, 2.45) is 4.99 Å². The molecule has 0 aromatic heterocycles. The van der Waals surface area contributed by atoms with Crippen LogP contribution in [0.3, 0.4) is 0 Å². The molecule has 1 amide bonds. The molecule has 0 radical (unpaired) electrons. The molecule has 1 atom stereocenters. The first kappa shape index (κ1) is 21.7. The monoisotopic (exact) mass is 362 g/mol. The smallest absolute Gasteiger partial charge is 0.410 e. The molecule has 1 aromatic rings. The number of ether oxygens (including phenoxy) is 2. The molecule has 0 unspecified atom stereocenters. The summed E-state index contributed by atoms with van der Waals surface area (Å²) in [6, 6.07) is 10.0. The Hall–Kier alpha value is -2.37. The number of hydrogen-bond donors (Lipinski definition) is 0. The molecule has 1 aromatic carbocycles. The first-order valence-corrected chi connectivity index (χ1v) is 8.93. The number of rotatable bonds is 8. The lowest BCUT2D eigenvalue weighted by atomic mass is 10.1. The van der Waals surface area contributed by atoms with Crippen LogP contribution in [0, 0.1) is 0 Å². The van der Waals surface area contributed by atoms with Gasteiger partial charge in [-0.25, -0.2) is 4.79 Å². The van der Waals surface area contributed by atoms with Crippen LogP contribution in [0.1, 0.15) is 52.6 Å². The molecule has 6 heteroatoms. The molecule has 0 bridgehead atoms. The topological polar surface area (TPSA) is 68.2 Å². The zero-order valence-corrected chi connectivity index (χ0v) is 16.4. The van der Waals surface area contributed by atoms with E-state index in [9.17, 15) is 9.59 Å². The van der Waals surface area contributed by atoms with Crippen LogP contribution in [0.25, 0.3) is 0 Å². The number of nitrogens with zero attached hydrogens (tertiary/aromatic N) is 2. The SMILES string of the molecule is CCOC(=O)CN(CCC=N[C@@H](C)c1ccccc1)C(=O)OC(C)(C)C. The molecule has 0 aliphatic rings. The Morgan fingerprint density at radius 3 is 2.46 bits per heavy atom. The lowest BCUT2D eigenvalue weighted by Crippen LogP contribution is -2.41. The summed E-state index contributed by atoms with van der Waals surface area (Å²) in [4.78, 5) is 29.9. The first-order valence-electron chi connectivity index (χ1n) is 8.93.